The SMILES string of the molecule is O=C(Nc1ccccc1)Nc1ccc(S(=O)c2ccccc2)cc1. The Bertz CT molecular complexity index is 834. The van der Waals surface area contributed by atoms with Gasteiger partial charge in [-0.1, -0.05) is 36.4 Å². The van der Waals surface area contributed by atoms with Crippen molar-refractivity contribution in [3.8, 4) is 0 Å². The molecule has 0 spiro atoms. The van der Waals surface area contributed by atoms with Crippen molar-refractivity contribution in [2.24, 2.45) is 0 Å². The van der Waals surface area contributed by atoms with Crippen LogP contribution in [-0.2, 0) is 10.8 Å². The Hall–Kier alpha value is -2.92. The molecule has 0 aliphatic rings. The number of rotatable bonds is 4. The molecular formula is C19H16N2O2S. The number of anilines is 2. The number of hydrogen-bond donors (Lipinski definition) is 2. The summed E-state index contributed by atoms with van der Waals surface area (Å²) in [4.78, 5) is 13.4. The third kappa shape index (κ3) is 4.08. The Kier molecular flexibility index (Phi) is 5.03. The van der Waals surface area contributed by atoms with Gasteiger partial charge in [-0.15, -0.1) is 0 Å². The first-order chi connectivity index (χ1) is 11.7. The smallest absolute Gasteiger partial charge is 0.308 e. The summed E-state index contributed by atoms with van der Waals surface area (Å²) in [6, 6.07) is 25.1. The largest absolute Gasteiger partial charge is 0.323 e. The van der Waals surface area contributed by atoms with Gasteiger partial charge in [-0.05, 0) is 48.5 Å². The highest BCUT2D eigenvalue weighted by molar-refractivity contribution is 7.85. The third-order valence-electron chi connectivity index (χ3n) is 3.32. The molecule has 0 heterocycles. The molecule has 4 nitrogen and oxygen atoms in total. The van der Waals surface area contributed by atoms with E-state index in [0.29, 0.717) is 10.6 Å². The minimum atomic E-state index is -1.23. The molecule has 120 valence electrons. The fourth-order valence-corrected chi connectivity index (χ4v) is 3.22. The molecule has 0 saturated heterocycles. The maximum Gasteiger partial charge on any atom is 0.323 e. The summed E-state index contributed by atoms with van der Waals surface area (Å²) in [7, 11) is -1.23. The Morgan fingerprint density at radius 3 is 1.67 bits per heavy atom. The van der Waals surface area contributed by atoms with Crippen LogP contribution in [0.1, 0.15) is 0 Å². The zero-order chi connectivity index (χ0) is 16.8. The van der Waals surface area contributed by atoms with E-state index in [4.69, 9.17) is 0 Å². The summed E-state index contributed by atoms with van der Waals surface area (Å²) < 4.78 is 12.4. The summed E-state index contributed by atoms with van der Waals surface area (Å²) in [5.74, 6) is 0. The number of carbonyl (C=O) groups is 1. The van der Waals surface area contributed by atoms with Gasteiger partial charge in [-0.25, -0.2) is 9.00 Å². The standard InChI is InChI=1S/C19H16N2O2S/c22-19(20-15-7-3-1-4-8-15)21-16-11-13-18(14-12-16)24(23)17-9-5-2-6-10-17/h1-14H,(H2,20,21,22). The molecule has 0 bridgehead atoms. The maximum absolute atomic E-state index is 12.4. The zero-order valence-corrected chi connectivity index (χ0v) is 13.6. The molecule has 2 N–H and O–H groups in total. The fraction of sp³-hybridized carbons (Fsp3) is 0. The lowest BCUT2D eigenvalue weighted by Crippen LogP contribution is -2.19. The van der Waals surface area contributed by atoms with Gasteiger partial charge in [-0.3, -0.25) is 0 Å². The van der Waals surface area contributed by atoms with E-state index >= 15 is 0 Å². The highest BCUT2D eigenvalue weighted by Gasteiger charge is 2.07. The molecule has 3 rings (SSSR count). The number of carbonyl (C=O) groups excluding carboxylic acids is 1. The number of para-hydroxylation sites is 1. The van der Waals surface area contributed by atoms with Crippen molar-refractivity contribution >= 4 is 28.2 Å². The first-order valence-corrected chi connectivity index (χ1v) is 8.57. The van der Waals surface area contributed by atoms with Crippen LogP contribution in [0.4, 0.5) is 16.2 Å². The second-order valence-corrected chi connectivity index (χ2v) is 6.53. The van der Waals surface area contributed by atoms with Crippen LogP contribution in [0.3, 0.4) is 0 Å². The Balaban J connectivity index is 1.64. The van der Waals surface area contributed by atoms with E-state index < -0.39 is 10.8 Å². The maximum atomic E-state index is 12.4. The number of hydrogen-bond acceptors (Lipinski definition) is 2. The van der Waals surface area contributed by atoms with Crippen molar-refractivity contribution in [2.45, 2.75) is 9.79 Å². The van der Waals surface area contributed by atoms with Gasteiger partial charge in [0.05, 0.1) is 10.8 Å². The molecule has 0 aromatic heterocycles. The van der Waals surface area contributed by atoms with Crippen LogP contribution in [0.2, 0.25) is 0 Å². The molecule has 1 atom stereocenters. The first kappa shape index (κ1) is 16.0. The average Bonchev–Trinajstić information content (AvgIpc) is 2.63. The van der Waals surface area contributed by atoms with Crippen LogP contribution >= 0.6 is 0 Å². The number of nitrogens with one attached hydrogen (secondary N) is 2. The topological polar surface area (TPSA) is 58.2 Å². The van der Waals surface area contributed by atoms with E-state index in [0.717, 1.165) is 10.6 Å². The lowest BCUT2D eigenvalue weighted by Gasteiger charge is -2.08. The minimum Gasteiger partial charge on any atom is -0.308 e. The monoisotopic (exact) mass is 336 g/mol. The van der Waals surface area contributed by atoms with Crippen LogP contribution in [-0.4, -0.2) is 10.2 Å². The molecule has 1 unspecified atom stereocenters. The van der Waals surface area contributed by atoms with E-state index in [1.807, 2.05) is 60.7 Å². The third-order valence-corrected chi connectivity index (χ3v) is 4.72. The van der Waals surface area contributed by atoms with Crippen molar-refractivity contribution in [1.29, 1.82) is 0 Å². The molecule has 3 aromatic carbocycles. The molecule has 5 heteroatoms. The Morgan fingerprint density at radius 1 is 0.625 bits per heavy atom. The van der Waals surface area contributed by atoms with Crippen molar-refractivity contribution < 1.29 is 9.00 Å². The number of benzene rings is 3. The summed E-state index contributed by atoms with van der Waals surface area (Å²) in [5, 5.41) is 5.49. The second kappa shape index (κ2) is 7.57. The Labute approximate surface area is 143 Å². The number of urea groups is 1. The molecular weight excluding hydrogens is 320 g/mol. The molecule has 2 amide bonds. The summed E-state index contributed by atoms with van der Waals surface area (Å²) >= 11 is 0. The van der Waals surface area contributed by atoms with Crippen LogP contribution in [0.15, 0.2) is 94.7 Å². The molecule has 0 fully saturated rings. The van der Waals surface area contributed by atoms with Crippen molar-refractivity contribution in [3.63, 3.8) is 0 Å². The highest BCUT2D eigenvalue weighted by Crippen LogP contribution is 2.18. The van der Waals surface area contributed by atoms with Gasteiger partial charge >= 0.3 is 6.03 Å². The molecule has 0 saturated carbocycles. The van der Waals surface area contributed by atoms with Crippen molar-refractivity contribution in [2.75, 3.05) is 10.6 Å². The summed E-state index contributed by atoms with van der Waals surface area (Å²) in [6.45, 7) is 0. The van der Waals surface area contributed by atoms with Crippen LogP contribution in [0.25, 0.3) is 0 Å². The average molecular weight is 336 g/mol. The lowest BCUT2D eigenvalue weighted by atomic mass is 10.3. The van der Waals surface area contributed by atoms with E-state index in [2.05, 4.69) is 10.6 Å². The van der Waals surface area contributed by atoms with Gasteiger partial charge in [0.25, 0.3) is 0 Å². The van der Waals surface area contributed by atoms with E-state index in [9.17, 15) is 9.00 Å². The summed E-state index contributed by atoms with van der Waals surface area (Å²) in [6.07, 6.45) is 0. The second-order valence-electron chi connectivity index (χ2n) is 5.05. The molecule has 3 aromatic rings. The highest BCUT2D eigenvalue weighted by atomic mass is 32.2. The molecule has 0 aliphatic carbocycles. The predicted molar refractivity (Wildman–Crippen MR) is 96.6 cm³/mol. The molecule has 0 aliphatic heterocycles. The minimum absolute atomic E-state index is 0.321. The van der Waals surface area contributed by atoms with Crippen LogP contribution < -0.4 is 10.6 Å². The predicted octanol–water partition coefficient (Wildman–Crippen LogP) is 4.50. The Morgan fingerprint density at radius 2 is 1.08 bits per heavy atom. The summed E-state index contributed by atoms with van der Waals surface area (Å²) in [5.41, 5.74) is 1.36. The van der Waals surface area contributed by atoms with Gasteiger partial charge < -0.3 is 10.6 Å². The van der Waals surface area contributed by atoms with Crippen LogP contribution in [0, 0.1) is 0 Å². The van der Waals surface area contributed by atoms with Crippen molar-refractivity contribution in [1.82, 2.24) is 0 Å². The van der Waals surface area contributed by atoms with Gasteiger partial charge in [-0.2, -0.15) is 0 Å². The van der Waals surface area contributed by atoms with Crippen molar-refractivity contribution in [3.05, 3.63) is 84.9 Å². The number of amides is 2. The lowest BCUT2D eigenvalue weighted by molar-refractivity contribution is 0.262. The fourth-order valence-electron chi connectivity index (χ4n) is 2.16. The van der Waals surface area contributed by atoms with Gasteiger partial charge in [0.15, 0.2) is 0 Å². The molecule has 24 heavy (non-hydrogen) atoms. The van der Waals surface area contributed by atoms with E-state index in [1.165, 1.54) is 0 Å². The normalized spacial score (nSPS) is 11.5. The van der Waals surface area contributed by atoms with Gasteiger partial charge in [0.2, 0.25) is 0 Å². The first-order valence-electron chi connectivity index (χ1n) is 7.42. The quantitative estimate of drug-likeness (QED) is 0.737. The van der Waals surface area contributed by atoms with E-state index in [-0.39, 0.29) is 6.03 Å². The zero-order valence-electron chi connectivity index (χ0n) is 12.8. The van der Waals surface area contributed by atoms with Crippen LogP contribution in [0.5, 0.6) is 0 Å². The van der Waals surface area contributed by atoms with Gasteiger partial charge in [0.1, 0.15) is 0 Å². The molecule has 0 radical (unpaired) electrons. The van der Waals surface area contributed by atoms with E-state index in [1.54, 1.807) is 24.3 Å². The van der Waals surface area contributed by atoms with Gasteiger partial charge in [0, 0.05) is 21.2 Å².